The highest BCUT2D eigenvalue weighted by Gasteiger charge is 2.42. The number of rotatable bonds is 5. The first-order valence-corrected chi connectivity index (χ1v) is 11.1. The summed E-state index contributed by atoms with van der Waals surface area (Å²) in [6.45, 7) is 0.894. The van der Waals surface area contributed by atoms with E-state index < -0.39 is 0 Å². The average Bonchev–Trinajstić information content (AvgIpc) is 3.58. The van der Waals surface area contributed by atoms with Gasteiger partial charge in [0.1, 0.15) is 6.04 Å². The molecule has 0 radical (unpaired) electrons. The van der Waals surface area contributed by atoms with E-state index in [-0.39, 0.29) is 18.9 Å². The number of thiocarbonyl (C=S) groups is 1. The first kappa shape index (κ1) is 19.8. The number of anilines is 1. The molecule has 0 unspecified atom stereocenters. The maximum atomic E-state index is 5.84. The molecular formula is C25H21N5O2S. The SMILES string of the molecule is S=C1N[C@@H](c2ccccn2)[C@@H](c2cccn2Cc2ccccn2)N1c1ccc2c(c1)OCO2. The molecule has 0 saturated carbocycles. The van der Waals surface area contributed by atoms with E-state index >= 15 is 0 Å². The summed E-state index contributed by atoms with van der Waals surface area (Å²) in [7, 11) is 0. The van der Waals surface area contributed by atoms with Crippen LogP contribution in [0.5, 0.6) is 11.5 Å². The van der Waals surface area contributed by atoms with Crippen molar-refractivity contribution in [2.24, 2.45) is 0 Å². The fourth-order valence-corrected chi connectivity index (χ4v) is 4.82. The molecule has 6 rings (SSSR count). The van der Waals surface area contributed by atoms with Gasteiger partial charge in [0.15, 0.2) is 16.6 Å². The van der Waals surface area contributed by atoms with Gasteiger partial charge in [-0.2, -0.15) is 0 Å². The monoisotopic (exact) mass is 455 g/mol. The second-order valence-electron chi connectivity index (χ2n) is 7.92. The normalized spacial score (nSPS) is 19.0. The molecule has 5 heterocycles. The molecule has 2 atom stereocenters. The lowest BCUT2D eigenvalue weighted by Gasteiger charge is -2.29. The number of pyridine rings is 2. The van der Waals surface area contributed by atoms with Gasteiger partial charge < -0.3 is 24.3 Å². The molecule has 8 heteroatoms. The van der Waals surface area contributed by atoms with Crippen molar-refractivity contribution in [3.8, 4) is 11.5 Å². The molecule has 0 amide bonds. The topological polar surface area (TPSA) is 64.4 Å². The molecule has 2 aliphatic rings. The van der Waals surface area contributed by atoms with E-state index in [1.165, 1.54) is 0 Å². The molecule has 1 fully saturated rings. The van der Waals surface area contributed by atoms with Crippen LogP contribution in [0.15, 0.2) is 85.3 Å². The summed E-state index contributed by atoms with van der Waals surface area (Å²) in [5.74, 6) is 1.47. The summed E-state index contributed by atoms with van der Waals surface area (Å²) < 4.78 is 13.4. The Labute approximate surface area is 196 Å². The first-order valence-electron chi connectivity index (χ1n) is 10.7. The van der Waals surface area contributed by atoms with Gasteiger partial charge in [-0.3, -0.25) is 9.97 Å². The number of fused-ring (bicyclic) bond motifs is 1. The Kier molecular flexibility index (Phi) is 4.92. The Hall–Kier alpha value is -3.91. The van der Waals surface area contributed by atoms with Gasteiger partial charge in [-0.25, -0.2) is 0 Å². The zero-order valence-electron chi connectivity index (χ0n) is 17.7. The van der Waals surface area contributed by atoms with Crippen LogP contribution >= 0.6 is 12.2 Å². The van der Waals surface area contributed by atoms with Crippen LogP contribution in [0.2, 0.25) is 0 Å². The minimum Gasteiger partial charge on any atom is -0.454 e. The van der Waals surface area contributed by atoms with Crippen molar-refractivity contribution in [2.75, 3.05) is 11.7 Å². The van der Waals surface area contributed by atoms with Crippen molar-refractivity contribution in [1.29, 1.82) is 0 Å². The van der Waals surface area contributed by atoms with E-state index in [4.69, 9.17) is 21.7 Å². The van der Waals surface area contributed by atoms with Gasteiger partial charge in [-0.05, 0) is 60.7 Å². The lowest BCUT2D eigenvalue weighted by atomic mass is 10.0. The van der Waals surface area contributed by atoms with Gasteiger partial charge in [0.25, 0.3) is 0 Å². The second kappa shape index (κ2) is 8.22. The molecule has 1 aromatic carbocycles. The van der Waals surface area contributed by atoms with Crippen molar-refractivity contribution >= 4 is 23.0 Å². The number of hydrogen-bond acceptors (Lipinski definition) is 5. The number of nitrogens with one attached hydrogen (secondary N) is 1. The highest BCUT2D eigenvalue weighted by Crippen LogP contribution is 2.44. The van der Waals surface area contributed by atoms with Crippen molar-refractivity contribution in [3.63, 3.8) is 0 Å². The van der Waals surface area contributed by atoms with E-state index in [0.29, 0.717) is 11.7 Å². The Morgan fingerprint density at radius 3 is 2.61 bits per heavy atom. The molecule has 7 nitrogen and oxygen atoms in total. The summed E-state index contributed by atoms with van der Waals surface area (Å²) >= 11 is 5.84. The van der Waals surface area contributed by atoms with E-state index in [0.717, 1.165) is 34.3 Å². The quantitative estimate of drug-likeness (QED) is 0.452. The average molecular weight is 456 g/mol. The zero-order valence-corrected chi connectivity index (χ0v) is 18.5. The zero-order chi connectivity index (χ0) is 22.2. The minimum atomic E-state index is -0.124. The molecule has 3 aromatic heterocycles. The van der Waals surface area contributed by atoms with Crippen LogP contribution in [0.1, 0.15) is 29.2 Å². The van der Waals surface area contributed by atoms with Crippen LogP contribution in [0.3, 0.4) is 0 Å². The van der Waals surface area contributed by atoms with Crippen LogP contribution in [-0.2, 0) is 6.54 Å². The molecule has 164 valence electrons. The summed E-state index contributed by atoms with van der Waals surface area (Å²) in [6.07, 6.45) is 5.71. The standard InChI is InChI=1S/C25H21N5O2S/c33-25-28-23(19-7-2-4-12-27-19)24(30(25)18-9-10-21-22(14-18)32-16-31-21)20-8-5-13-29(20)15-17-6-1-3-11-26-17/h1-14,23-24H,15-16H2,(H,28,33)/t23-,24+/m0/s1. The van der Waals surface area contributed by atoms with E-state index in [1.54, 1.807) is 0 Å². The lowest BCUT2D eigenvalue weighted by molar-refractivity contribution is 0.174. The summed E-state index contributed by atoms with van der Waals surface area (Å²) in [6, 6.07) is 21.8. The molecule has 1 N–H and O–H groups in total. The Morgan fingerprint density at radius 1 is 0.939 bits per heavy atom. The molecule has 0 bridgehead atoms. The highest BCUT2D eigenvalue weighted by atomic mass is 32.1. The van der Waals surface area contributed by atoms with Crippen LogP contribution < -0.4 is 19.7 Å². The Balaban J connectivity index is 1.45. The second-order valence-corrected chi connectivity index (χ2v) is 8.30. The number of hydrogen-bond donors (Lipinski definition) is 1. The summed E-state index contributed by atoms with van der Waals surface area (Å²) in [4.78, 5) is 11.3. The maximum Gasteiger partial charge on any atom is 0.231 e. The van der Waals surface area contributed by atoms with Gasteiger partial charge in [0, 0.05) is 36.0 Å². The molecule has 1 saturated heterocycles. The molecule has 0 aliphatic carbocycles. The van der Waals surface area contributed by atoms with Gasteiger partial charge in [0.05, 0.1) is 24.0 Å². The van der Waals surface area contributed by atoms with E-state index in [1.807, 2.05) is 67.0 Å². The highest BCUT2D eigenvalue weighted by molar-refractivity contribution is 7.80. The number of benzene rings is 1. The largest absolute Gasteiger partial charge is 0.454 e. The molecular weight excluding hydrogens is 434 g/mol. The smallest absolute Gasteiger partial charge is 0.231 e. The van der Waals surface area contributed by atoms with Crippen molar-refractivity contribution < 1.29 is 9.47 Å². The third-order valence-electron chi connectivity index (χ3n) is 5.96. The van der Waals surface area contributed by atoms with Gasteiger partial charge in [-0.15, -0.1) is 0 Å². The third kappa shape index (κ3) is 3.58. The number of ether oxygens (including phenoxy) is 2. The van der Waals surface area contributed by atoms with Crippen LogP contribution in [0, 0.1) is 0 Å². The predicted molar refractivity (Wildman–Crippen MR) is 128 cm³/mol. The molecule has 33 heavy (non-hydrogen) atoms. The van der Waals surface area contributed by atoms with Crippen LogP contribution in [-0.4, -0.2) is 26.4 Å². The fraction of sp³-hybridized carbons (Fsp3) is 0.160. The first-order chi connectivity index (χ1) is 16.3. The lowest BCUT2D eigenvalue weighted by Crippen LogP contribution is -2.30. The van der Waals surface area contributed by atoms with E-state index in [2.05, 4.69) is 43.1 Å². The van der Waals surface area contributed by atoms with Crippen molar-refractivity contribution in [1.82, 2.24) is 19.9 Å². The molecule has 2 aliphatic heterocycles. The summed E-state index contributed by atoms with van der Waals surface area (Å²) in [5.41, 5.74) is 3.97. The Bertz CT molecular complexity index is 1290. The van der Waals surface area contributed by atoms with Gasteiger partial charge in [0.2, 0.25) is 6.79 Å². The minimum absolute atomic E-state index is 0.119. The third-order valence-corrected chi connectivity index (χ3v) is 6.27. The number of nitrogens with zero attached hydrogens (tertiary/aromatic N) is 4. The fourth-order valence-electron chi connectivity index (χ4n) is 4.47. The van der Waals surface area contributed by atoms with Crippen molar-refractivity contribution in [2.45, 2.75) is 18.6 Å². The van der Waals surface area contributed by atoms with Gasteiger partial charge >= 0.3 is 0 Å². The van der Waals surface area contributed by atoms with Crippen LogP contribution in [0.4, 0.5) is 5.69 Å². The van der Waals surface area contributed by atoms with Crippen molar-refractivity contribution in [3.05, 3.63) is 102 Å². The van der Waals surface area contributed by atoms with E-state index in [9.17, 15) is 0 Å². The molecule has 4 aromatic rings. The molecule has 0 spiro atoms. The summed E-state index contributed by atoms with van der Waals surface area (Å²) in [5, 5.41) is 4.15. The maximum absolute atomic E-state index is 5.84. The number of aromatic nitrogens is 3. The Morgan fingerprint density at radius 2 is 1.79 bits per heavy atom. The van der Waals surface area contributed by atoms with Gasteiger partial charge in [-0.1, -0.05) is 12.1 Å². The predicted octanol–water partition coefficient (Wildman–Crippen LogP) is 4.23. The van der Waals surface area contributed by atoms with Crippen LogP contribution in [0.25, 0.3) is 0 Å².